The molecule has 0 atom stereocenters. The normalized spacial score (nSPS) is 12.2. The molecule has 1 aromatic heterocycles. The lowest BCUT2D eigenvalue weighted by atomic mass is 10.0. The van der Waals surface area contributed by atoms with Gasteiger partial charge >= 0.3 is 0 Å². The number of hydrogen-bond donors (Lipinski definition) is 3. The van der Waals surface area contributed by atoms with Crippen LogP contribution in [0.1, 0.15) is 35.7 Å². The second-order valence-electron chi connectivity index (χ2n) is 8.11. The number of nitrogens with one attached hydrogen (secondary N) is 2. The van der Waals surface area contributed by atoms with Gasteiger partial charge in [0.1, 0.15) is 11.3 Å². The fourth-order valence-electron chi connectivity index (χ4n) is 3.58. The van der Waals surface area contributed by atoms with Crippen molar-refractivity contribution in [3.05, 3.63) is 65.7 Å². The molecular formula is C25H21N3O5S. The summed E-state index contributed by atoms with van der Waals surface area (Å²) in [6.07, 6.45) is 0. The zero-order valence-electron chi connectivity index (χ0n) is 18.4. The first-order chi connectivity index (χ1) is 16.4. The third kappa shape index (κ3) is 4.25. The molecule has 0 aliphatic carbocycles. The Bertz CT molecular complexity index is 1430. The largest absolute Gasteiger partial charge is 0.507 e. The molecule has 9 heteroatoms. The first-order valence-electron chi connectivity index (χ1n) is 10.6. The fraction of sp³-hybridized carbons (Fsp3) is 0.160. The average molecular weight is 476 g/mol. The summed E-state index contributed by atoms with van der Waals surface area (Å²) in [5, 5.41) is 16.2. The number of thiocarbonyl (C=S) groups is 1. The van der Waals surface area contributed by atoms with Crippen LogP contribution in [-0.4, -0.2) is 27.9 Å². The lowest BCUT2D eigenvalue weighted by molar-refractivity contribution is 0.0977. The number of amides is 1. The molecule has 8 nitrogen and oxygen atoms in total. The monoisotopic (exact) mass is 475 g/mol. The highest BCUT2D eigenvalue weighted by Crippen LogP contribution is 2.34. The summed E-state index contributed by atoms with van der Waals surface area (Å²) in [7, 11) is 0. The maximum atomic E-state index is 12.5. The number of rotatable bonds is 4. The van der Waals surface area contributed by atoms with E-state index in [1.54, 1.807) is 30.3 Å². The number of anilines is 1. The smallest absolute Gasteiger partial charge is 0.257 e. The van der Waals surface area contributed by atoms with Crippen LogP contribution in [0.3, 0.4) is 0 Å². The van der Waals surface area contributed by atoms with Gasteiger partial charge in [-0.2, -0.15) is 0 Å². The van der Waals surface area contributed by atoms with Crippen molar-refractivity contribution in [3.8, 4) is 28.7 Å². The number of phenolic OH excluding ortho intramolecular Hbond substituents is 1. The van der Waals surface area contributed by atoms with Crippen molar-refractivity contribution in [1.29, 1.82) is 0 Å². The lowest BCUT2D eigenvalue weighted by Crippen LogP contribution is -2.34. The van der Waals surface area contributed by atoms with E-state index in [1.807, 2.05) is 18.2 Å². The second kappa shape index (κ2) is 8.68. The van der Waals surface area contributed by atoms with Crippen LogP contribution in [0.5, 0.6) is 17.2 Å². The van der Waals surface area contributed by atoms with Gasteiger partial charge in [0.2, 0.25) is 12.7 Å². The molecule has 0 fully saturated rings. The van der Waals surface area contributed by atoms with E-state index in [9.17, 15) is 9.90 Å². The third-order valence-corrected chi connectivity index (χ3v) is 5.63. The van der Waals surface area contributed by atoms with Crippen LogP contribution < -0.4 is 20.1 Å². The number of fused-ring (bicyclic) bond motifs is 2. The lowest BCUT2D eigenvalue weighted by Gasteiger charge is -2.11. The molecule has 2 heterocycles. The highest BCUT2D eigenvalue weighted by Gasteiger charge is 2.18. The number of carbonyl (C=O) groups is 1. The molecule has 0 spiro atoms. The standard InChI is InChI=1S/C25H21N3O5S/c1-13(2)14-3-7-20-18(9-14)27-24(33-20)17-6-5-16(11-19(17)29)26-25(34)28-23(30)15-4-8-21-22(10-15)32-12-31-21/h3-11,13,29H,12H2,1-2H3,(H2,26,28,30,34). The summed E-state index contributed by atoms with van der Waals surface area (Å²) in [4.78, 5) is 17.0. The number of ether oxygens (including phenoxy) is 2. The van der Waals surface area contributed by atoms with Crippen molar-refractivity contribution in [3.63, 3.8) is 0 Å². The summed E-state index contributed by atoms with van der Waals surface area (Å²) in [5.74, 6) is 1.35. The Morgan fingerprint density at radius 2 is 1.88 bits per heavy atom. The van der Waals surface area contributed by atoms with Gasteiger partial charge < -0.3 is 24.3 Å². The first-order valence-corrected chi connectivity index (χ1v) is 11.0. The zero-order valence-corrected chi connectivity index (χ0v) is 19.2. The van der Waals surface area contributed by atoms with Crippen molar-refractivity contribution in [2.75, 3.05) is 12.1 Å². The van der Waals surface area contributed by atoms with Gasteiger partial charge in [-0.25, -0.2) is 4.98 Å². The molecule has 172 valence electrons. The fourth-order valence-corrected chi connectivity index (χ4v) is 3.79. The van der Waals surface area contributed by atoms with Gasteiger partial charge in [-0.15, -0.1) is 0 Å². The number of aromatic hydroxyl groups is 1. The quantitative estimate of drug-likeness (QED) is 0.347. The van der Waals surface area contributed by atoms with Crippen molar-refractivity contribution >= 4 is 40.0 Å². The van der Waals surface area contributed by atoms with Gasteiger partial charge in [-0.05, 0) is 66.2 Å². The number of oxazole rings is 1. The number of nitrogens with zero attached hydrogens (tertiary/aromatic N) is 1. The van der Waals surface area contributed by atoms with Crippen LogP contribution in [0.2, 0.25) is 0 Å². The highest BCUT2D eigenvalue weighted by atomic mass is 32.1. The molecule has 34 heavy (non-hydrogen) atoms. The van der Waals surface area contributed by atoms with E-state index in [-0.39, 0.29) is 17.7 Å². The number of carbonyl (C=O) groups excluding carboxylic acids is 1. The summed E-state index contributed by atoms with van der Waals surface area (Å²) in [6.45, 7) is 4.35. The number of phenols is 1. The maximum Gasteiger partial charge on any atom is 0.257 e. The van der Waals surface area contributed by atoms with E-state index in [0.29, 0.717) is 45.7 Å². The minimum absolute atomic E-state index is 0.0365. The molecule has 0 saturated heterocycles. The molecular weight excluding hydrogens is 454 g/mol. The van der Waals surface area contributed by atoms with Gasteiger partial charge in [0, 0.05) is 17.3 Å². The van der Waals surface area contributed by atoms with Crippen LogP contribution in [0.4, 0.5) is 5.69 Å². The number of benzene rings is 3. The van der Waals surface area contributed by atoms with Gasteiger partial charge in [-0.3, -0.25) is 10.1 Å². The Morgan fingerprint density at radius 1 is 1.06 bits per heavy atom. The Morgan fingerprint density at radius 3 is 2.68 bits per heavy atom. The van der Waals surface area contributed by atoms with Crippen molar-refractivity contribution < 1.29 is 23.8 Å². The van der Waals surface area contributed by atoms with Gasteiger partial charge in [-0.1, -0.05) is 19.9 Å². The Kier molecular flexibility index (Phi) is 5.54. The molecule has 0 unspecified atom stereocenters. The summed E-state index contributed by atoms with van der Waals surface area (Å²) in [5.41, 5.74) is 3.86. The topological polar surface area (TPSA) is 106 Å². The Hall–Kier alpha value is -4.11. The van der Waals surface area contributed by atoms with E-state index >= 15 is 0 Å². The molecule has 1 aliphatic rings. The van der Waals surface area contributed by atoms with E-state index in [2.05, 4.69) is 29.5 Å². The van der Waals surface area contributed by atoms with E-state index in [1.165, 1.54) is 6.07 Å². The molecule has 4 aromatic rings. The van der Waals surface area contributed by atoms with Crippen molar-refractivity contribution in [2.24, 2.45) is 0 Å². The molecule has 0 bridgehead atoms. The van der Waals surface area contributed by atoms with Crippen LogP contribution in [0.15, 0.2) is 59.0 Å². The summed E-state index contributed by atoms with van der Waals surface area (Å²) in [6, 6.07) is 15.6. The molecule has 3 aromatic carbocycles. The zero-order chi connectivity index (χ0) is 23.8. The van der Waals surface area contributed by atoms with E-state index in [4.69, 9.17) is 26.1 Å². The van der Waals surface area contributed by atoms with E-state index in [0.717, 1.165) is 11.1 Å². The van der Waals surface area contributed by atoms with Gasteiger partial charge in [0.25, 0.3) is 5.91 Å². The Balaban J connectivity index is 1.28. The molecule has 0 radical (unpaired) electrons. The first kappa shape index (κ1) is 21.7. The molecule has 1 amide bonds. The molecule has 0 saturated carbocycles. The molecule has 5 rings (SSSR count). The van der Waals surface area contributed by atoms with Crippen LogP contribution in [0.25, 0.3) is 22.6 Å². The van der Waals surface area contributed by atoms with E-state index < -0.39 is 5.91 Å². The molecule has 1 aliphatic heterocycles. The van der Waals surface area contributed by atoms with Crippen LogP contribution >= 0.6 is 12.2 Å². The SMILES string of the molecule is CC(C)c1ccc2oc(-c3ccc(NC(=S)NC(=O)c4ccc5c(c4)OCO5)cc3O)nc2c1. The highest BCUT2D eigenvalue weighted by molar-refractivity contribution is 7.80. The third-order valence-electron chi connectivity index (χ3n) is 5.43. The summed E-state index contributed by atoms with van der Waals surface area (Å²) < 4.78 is 16.4. The minimum atomic E-state index is -0.399. The van der Waals surface area contributed by atoms with Crippen molar-refractivity contribution in [1.82, 2.24) is 10.3 Å². The molecule has 3 N–H and O–H groups in total. The predicted octanol–water partition coefficient (Wildman–Crippen LogP) is 5.18. The summed E-state index contributed by atoms with van der Waals surface area (Å²) >= 11 is 5.25. The minimum Gasteiger partial charge on any atom is -0.507 e. The number of hydrogen-bond acceptors (Lipinski definition) is 7. The second-order valence-corrected chi connectivity index (χ2v) is 8.52. The van der Waals surface area contributed by atoms with Crippen molar-refractivity contribution in [2.45, 2.75) is 19.8 Å². The number of aromatic nitrogens is 1. The average Bonchev–Trinajstić information content (AvgIpc) is 3.44. The predicted molar refractivity (Wildman–Crippen MR) is 131 cm³/mol. The maximum absolute atomic E-state index is 12.5. The van der Waals surface area contributed by atoms with Crippen LogP contribution in [0, 0.1) is 0 Å². The van der Waals surface area contributed by atoms with Crippen LogP contribution in [-0.2, 0) is 0 Å². The van der Waals surface area contributed by atoms with Gasteiger partial charge in [0.15, 0.2) is 22.2 Å². The van der Waals surface area contributed by atoms with Gasteiger partial charge in [0.05, 0.1) is 5.56 Å². The Labute approximate surface area is 200 Å².